The van der Waals surface area contributed by atoms with E-state index in [0.717, 1.165) is 11.3 Å². The molecule has 2 fully saturated rings. The Morgan fingerprint density at radius 1 is 1.03 bits per heavy atom. The lowest BCUT2D eigenvalue weighted by Gasteiger charge is -2.33. The molecule has 1 amide bonds. The van der Waals surface area contributed by atoms with Crippen molar-refractivity contribution < 1.29 is 17.7 Å². The predicted molar refractivity (Wildman–Crippen MR) is 123 cm³/mol. The molecule has 0 bridgehead atoms. The highest BCUT2D eigenvalue weighted by molar-refractivity contribution is 7.89. The zero-order chi connectivity index (χ0) is 22.7. The second-order valence-electron chi connectivity index (χ2n) is 8.70. The average molecular weight is 458 g/mol. The standard InChI is InChI=1S/C24H31N3O4S/c1-18-23(19(2)31-25-18)12-13-24(28)26-14-16-27(17-15-26)32(29,30)22-10-8-21(9-11-22)20-6-4-3-5-7-20/h8-13,20H,3-7,14-17H2,1-2H3/b13-12+. The van der Waals surface area contributed by atoms with Gasteiger partial charge in [0.15, 0.2) is 0 Å². The van der Waals surface area contributed by atoms with Gasteiger partial charge in [-0.25, -0.2) is 8.42 Å². The highest BCUT2D eigenvalue weighted by Crippen LogP contribution is 2.33. The molecule has 2 aromatic rings. The van der Waals surface area contributed by atoms with E-state index in [1.807, 2.05) is 19.1 Å². The number of carbonyl (C=O) groups excluding carboxylic acids is 1. The second kappa shape index (κ2) is 9.58. The van der Waals surface area contributed by atoms with E-state index in [9.17, 15) is 13.2 Å². The van der Waals surface area contributed by atoms with Crippen LogP contribution in [0.1, 0.15) is 60.6 Å². The molecule has 0 atom stereocenters. The normalized spacial score (nSPS) is 19.0. The van der Waals surface area contributed by atoms with E-state index in [1.165, 1.54) is 48.0 Å². The van der Waals surface area contributed by atoms with Gasteiger partial charge in [-0.05, 0) is 56.4 Å². The molecule has 1 aliphatic heterocycles. The summed E-state index contributed by atoms with van der Waals surface area (Å²) in [6.07, 6.45) is 9.38. The van der Waals surface area contributed by atoms with Gasteiger partial charge in [-0.3, -0.25) is 4.79 Å². The Morgan fingerprint density at radius 3 is 2.28 bits per heavy atom. The van der Waals surface area contributed by atoms with E-state index in [0.29, 0.717) is 29.7 Å². The lowest BCUT2D eigenvalue weighted by atomic mass is 9.84. The summed E-state index contributed by atoms with van der Waals surface area (Å²) in [5, 5.41) is 3.88. The lowest BCUT2D eigenvalue weighted by molar-refractivity contribution is -0.127. The van der Waals surface area contributed by atoms with Crippen molar-refractivity contribution in [2.24, 2.45) is 0 Å². The third-order valence-electron chi connectivity index (χ3n) is 6.63. The van der Waals surface area contributed by atoms with Crippen LogP contribution in [0.4, 0.5) is 0 Å². The first-order chi connectivity index (χ1) is 15.4. The molecule has 1 aromatic heterocycles. The third-order valence-corrected chi connectivity index (χ3v) is 8.54. The summed E-state index contributed by atoms with van der Waals surface area (Å²) in [6.45, 7) is 4.94. The number of benzene rings is 1. The Kier molecular flexibility index (Phi) is 6.81. The quantitative estimate of drug-likeness (QED) is 0.636. The summed E-state index contributed by atoms with van der Waals surface area (Å²) < 4.78 is 32.8. The number of aryl methyl sites for hydroxylation is 2. The summed E-state index contributed by atoms with van der Waals surface area (Å²) in [5.74, 6) is 1.07. The molecule has 0 radical (unpaired) electrons. The summed E-state index contributed by atoms with van der Waals surface area (Å²) >= 11 is 0. The monoisotopic (exact) mass is 457 g/mol. The van der Waals surface area contributed by atoms with Crippen LogP contribution in [0.3, 0.4) is 0 Å². The molecular formula is C24H31N3O4S. The van der Waals surface area contributed by atoms with Gasteiger partial charge in [0.05, 0.1) is 10.6 Å². The number of amides is 1. The minimum absolute atomic E-state index is 0.140. The Balaban J connectivity index is 1.36. The molecule has 2 aliphatic rings. The third kappa shape index (κ3) is 4.81. The van der Waals surface area contributed by atoms with Crippen LogP contribution in [-0.4, -0.2) is 54.9 Å². The predicted octanol–water partition coefficient (Wildman–Crippen LogP) is 3.89. The first-order valence-corrected chi connectivity index (χ1v) is 12.8. The van der Waals surface area contributed by atoms with Crippen LogP contribution in [0, 0.1) is 13.8 Å². The molecule has 1 saturated heterocycles. The Morgan fingerprint density at radius 2 is 1.69 bits per heavy atom. The lowest BCUT2D eigenvalue weighted by Crippen LogP contribution is -2.50. The number of piperazine rings is 1. The number of hydrogen-bond donors (Lipinski definition) is 0. The minimum Gasteiger partial charge on any atom is -0.361 e. The Labute approximate surface area is 190 Å². The van der Waals surface area contributed by atoms with E-state index in [-0.39, 0.29) is 19.0 Å². The maximum absolute atomic E-state index is 13.1. The molecule has 8 heteroatoms. The largest absolute Gasteiger partial charge is 0.361 e. The Hall–Kier alpha value is -2.45. The summed E-state index contributed by atoms with van der Waals surface area (Å²) in [7, 11) is -3.56. The number of carbonyl (C=O) groups is 1. The zero-order valence-electron chi connectivity index (χ0n) is 18.8. The maximum Gasteiger partial charge on any atom is 0.246 e. The van der Waals surface area contributed by atoms with Crippen molar-refractivity contribution in [2.75, 3.05) is 26.2 Å². The van der Waals surface area contributed by atoms with Crippen LogP contribution in [0.2, 0.25) is 0 Å². The molecular weight excluding hydrogens is 426 g/mol. The number of rotatable bonds is 5. The van der Waals surface area contributed by atoms with E-state index in [4.69, 9.17) is 4.52 Å². The van der Waals surface area contributed by atoms with Crippen molar-refractivity contribution in [3.63, 3.8) is 0 Å². The molecule has 4 rings (SSSR count). The van der Waals surface area contributed by atoms with Crippen LogP contribution in [0.15, 0.2) is 39.8 Å². The van der Waals surface area contributed by atoms with Gasteiger partial charge in [0, 0.05) is 37.8 Å². The number of sulfonamides is 1. The Bertz CT molecular complexity index is 1060. The first kappa shape index (κ1) is 22.7. The van der Waals surface area contributed by atoms with Gasteiger partial charge < -0.3 is 9.42 Å². The van der Waals surface area contributed by atoms with E-state index >= 15 is 0 Å². The smallest absolute Gasteiger partial charge is 0.246 e. The number of hydrogen-bond acceptors (Lipinski definition) is 5. The SMILES string of the molecule is Cc1noc(C)c1/C=C/C(=O)N1CCN(S(=O)(=O)c2ccc(C3CCCCC3)cc2)CC1. The van der Waals surface area contributed by atoms with Crippen molar-refractivity contribution in [3.8, 4) is 0 Å². The van der Waals surface area contributed by atoms with Gasteiger partial charge >= 0.3 is 0 Å². The van der Waals surface area contributed by atoms with Crippen molar-refractivity contribution in [2.45, 2.75) is 56.8 Å². The number of aromatic nitrogens is 1. The second-order valence-corrected chi connectivity index (χ2v) is 10.6. The van der Waals surface area contributed by atoms with Crippen LogP contribution >= 0.6 is 0 Å². The molecule has 1 saturated carbocycles. The van der Waals surface area contributed by atoms with Crippen LogP contribution in [-0.2, 0) is 14.8 Å². The van der Waals surface area contributed by atoms with Crippen LogP contribution in [0.25, 0.3) is 6.08 Å². The maximum atomic E-state index is 13.1. The van der Waals surface area contributed by atoms with Gasteiger partial charge in [-0.2, -0.15) is 4.31 Å². The summed E-state index contributed by atoms with van der Waals surface area (Å²) in [4.78, 5) is 14.6. The van der Waals surface area contributed by atoms with E-state index < -0.39 is 10.0 Å². The molecule has 32 heavy (non-hydrogen) atoms. The van der Waals surface area contributed by atoms with Crippen molar-refractivity contribution >= 4 is 22.0 Å². The van der Waals surface area contributed by atoms with Crippen LogP contribution in [0.5, 0.6) is 0 Å². The molecule has 0 unspecified atom stereocenters. The fourth-order valence-corrected chi connectivity index (χ4v) is 6.06. The fraction of sp³-hybridized carbons (Fsp3) is 0.500. The molecule has 172 valence electrons. The average Bonchev–Trinajstić information content (AvgIpc) is 3.15. The van der Waals surface area contributed by atoms with Gasteiger partial charge in [0.25, 0.3) is 0 Å². The highest BCUT2D eigenvalue weighted by Gasteiger charge is 2.30. The molecule has 0 spiro atoms. The number of nitrogens with zero attached hydrogens (tertiary/aromatic N) is 3. The van der Waals surface area contributed by atoms with Gasteiger partial charge in [-0.1, -0.05) is 36.6 Å². The highest BCUT2D eigenvalue weighted by atomic mass is 32.2. The molecule has 0 N–H and O–H groups in total. The van der Waals surface area contributed by atoms with Crippen LogP contribution < -0.4 is 0 Å². The molecule has 1 aliphatic carbocycles. The van der Waals surface area contributed by atoms with Gasteiger partial charge in [-0.15, -0.1) is 0 Å². The summed E-state index contributed by atoms with van der Waals surface area (Å²) in [6, 6.07) is 7.43. The molecule has 2 heterocycles. The van der Waals surface area contributed by atoms with E-state index in [2.05, 4.69) is 5.16 Å². The van der Waals surface area contributed by atoms with Gasteiger partial charge in [0.2, 0.25) is 15.9 Å². The molecule has 7 nitrogen and oxygen atoms in total. The zero-order valence-corrected chi connectivity index (χ0v) is 19.6. The van der Waals surface area contributed by atoms with Crippen molar-refractivity contribution in [3.05, 3.63) is 52.9 Å². The van der Waals surface area contributed by atoms with Crippen molar-refractivity contribution in [1.29, 1.82) is 0 Å². The minimum atomic E-state index is -3.56. The first-order valence-electron chi connectivity index (χ1n) is 11.4. The fourth-order valence-electron chi connectivity index (χ4n) is 4.63. The topological polar surface area (TPSA) is 83.7 Å². The van der Waals surface area contributed by atoms with Crippen molar-refractivity contribution in [1.82, 2.24) is 14.4 Å². The summed E-state index contributed by atoms with van der Waals surface area (Å²) in [5.41, 5.74) is 2.78. The van der Waals surface area contributed by atoms with E-state index in [1.54, 1.807) is 30.0 Å². The molecule has 1 aromatic carbocycles. The van der Waals surface area contributed by atoms with Gasteiger partial charge in [0.1, 0.15) is 5.76 Å².